The Morgan fingerprint density at radius 2 is 1.82 bits per heavy atom. The van der Waals surface area contributed by atoms with Crippen molar-refractivity contribution in [2.75, 3.05) is 5.32 Å². The molecule has 22 heavy (non-hydrogen) atoms. The largest absolute Gasteiger partial charge is 0.340 e. The molecule has 3 rings (SSSR count). The first kappa shape index (κ1) is 15.3. The van der Waals surface area contributed by atoms with E-state index in [9.17, 15) is 9.59 Å². The summed E-state index contributed by atoms with van der Waals surface area (Å²) in [7, 11) is 0. The second-order valence-electron chi connectivity index (χ2n) is 5.04. The van der Waals surface area contributed by atoms with E-state index in [1.54, 1.807) is 18.2 Å². The van der Waals surface area contributed by atoms with E-state index < -0.39 is 6.04 Å². The van der Waals surface area contributed by atoms with Gasteiger partial charge in [-0.3, -0.25) is 9.59 Å². The van der Waals surface area contributed by atoms with Crippen LogP contribution in [-0.2, 0) is 11.2 Å². The number of hydrogen-bond donors (Lipinski definition) is 2. The number of fused-ring (bicyclic) bond motifs is 1. The number of halogens is 2. The van der Waals surface area contributed by atoms with Crippen molar-refractivity contribution in [2.45, 2.75) is 12.5 Å². The van der Waals surface area contributed by atoms with Crippen molar-refractivity contribution >= 4 is 51.7 Å². The van der Waals surface area contributed by atoms with E-state index >= 15 is 0 Å². The summed E-state index contributed by atoms with van der Waals surface area (Å²) in [4.78, 5) is 24.6. The van der Waals surface area contributed by atoms with Crippen molar-refractivity contribution < 1.29 is 9.59 Å². The maximum absolute atomic E-state index is 12.3. The van der Waals surface area contributed by atoms with E-state index in [4.69, 9.17) is 11.6 Å². The topological polar surface area (TPSA) is 58.2 Å². The summed E-state index contributed by atoms with van der Waals surface area (Å²) in [6.45, 7) is 0. The quantitative estimate of drug-likeness (QED) is 0.725. The Morgan fingerprint density at radius 3 is 2.55 bits per heavy atom. The number of hydrogen-bond acceptors (Lipinski definition) is 2. The summed E-state index contributed by atoms with van der Waals surface area (Å²) in [6, 6.07) is 12.1. The van der Waals surface area contributed by atoms with Gasteiger partial charge in [-0.15, -0.1) is 0 Å². The summed E-state index contributed by atoms with van der Waals surface area (Å²) < 4.78 is 1.12. The predicted molar refractivity (Wildman–Crippen MR) is 94.2 cm³/mol. The summed E-state index contributed by atoms with van der Waals surface area (Å²) >= 11 is 8.14. The van der Waals surface area contributed by atoms with E-state index in [0.717, 1.165) is 9.13 Å². The minimum atomic E-state index is -0.612. The van der Waals surface area contributed by atoms with Crippen LogP contribution in [0.25, 0.3) is 0 Å². The van der Waals surface area contributed by atoms with Gasteiger partial charge >= 0.3 is 0 Å². The highest BCUT2D eigenvalue weighted by atomic mass is 127. The Morgan fingerprint density at radius 1 is 1.09 bits per heavy atom. The number of carbonyl (C=O) groups is 2. The van der Waals surface area contributed by atoms with Crippen molar-refractivity contribution in [1.82, 2.24) is 5.32 Å². The molecule has 0 spiro atoms. The number of nitrogens with one attached hydrogen (secondary N) is 2. The second-order valence-corrected chi connectivity index (χ2v) is 6.72. The zero-order chi connectivity index (χ0) is 15.7. The van der Waals surface area contributed by atoms with Crippen LogP contribution in [0.5, 0.6) is 0 Å². The Hall–Kier alpha value is -1.60. The minimum Gasteiger partial charge on any atom is -0.340 e. The van der Waals surface area contributed by atoms with Crippen molar-refractivity contribution in [3.63, 3.8) is 0 Å². The Bertz CT molecular complexity index is 746. The van der Waals surface area contributed by atoms with Gasteiger partial charge in [0.1, 0.15) is 6.04 Å². The first-order valence-electron chi connectivity index (χ1n) is 6.68. The number of carbonyl (C=O) groups excluding carboxylic acids is 2. The normalized spacial score (nSPS) is 17.3. The van der Waals surface area contributed by atoms with Crippen LogP contribution in [0.15, 0.2) is 42.5 Å². The molecule has 1 aliphatic heterocycles. The molecule has 1 aliphatic rings. The second kappa shape index (κ2) is 6.26. The number of amides is 2. The lowest BCUT2D eigenvalue weighted by atomic mass is 10.1. The molecule has 0 fully saturated rings. The molecule has 2 N–H and O–H groups in total. The lowest BCUT2D eigenvalue weighted by molar-refractivity contribution is -0.117. The van der Waals surface area contributed by atoms with Crippen LogP contribution in [0.3, 0.4) is 0 Å². The molecule has 0 radical (unpaired) electrons. The zero-order valence-corrected chi connectivity index (χ0v) is 14.3. The maximum Gasteiger partial charge on any atom is 0.254 e. The van der Waals surface area contributed by atoms with Gasteiger partial charge in [-0.05, 0) is 58.5 Å². The fraction of sp³-hybridized carbons (Fsp3) is 0.125. The number of anilines is 1. The molecule has 1 heterocycles. The smallest absolute Gasteiger partial charge is 0.254 e. The highest BCUT2D eigenvalue weighted by molar-refractivity contribution is 14.1. The Labute approximate surface area is 146 Å². The third kappa shape index (κ3) is 3.25. The van der Waals surface area contributed by atoms with E-state index in [-0.39, 0.29) is 11.8 Å². The number of benzene rings is 2. The van der Waals surface area contributed by atoms with Crippen LogP contribution in [0, 0.1) is 3.57 Å². The zero-order valence-electron chi connectivity index (χ0n) is 11.4. The van der Waals surface area contributed by atoms with Gasteiger partial charge < -0.3 is 10.6 Å². The van der Waals surface area contributed by atoms with Crippen molar-refractivity contribution in [3.8, 4) is 0 Å². The van der Waals surface area contributed by atoms with Gasteiger partial charge in [0.15, 0.2) is 0 Å². The van der Waals surface area contributed by atoms with Gasteiger partial charge in [0.25, 0.3) is 5.91 Å². The first-order valence-corrected chi connectivity index (χ1v) is 8.14. The average molecular weight is 427 g/mol. The summed E-state index contributed by atoms with van der Waals surface area (Å²) in [5.41, 5.74) is 1.85. The van der Waals surface area contributed by atoms with E-state index in [1.807, 2.05) is 24.3 Å². The Balaban J connectivity index is 1.85. The van der Waals surface area contributed by atoms with Gasteiger partial charge in [0.05, 0.1) is 11.3 Å². The lowest BCUT2D eigenvalue weighted by Gasteiger charge is -2.14. The van der Waals surface area contributed by atoms with Gasteiger partial charge in [-0.2, -0.15) is 0 Å². The molecule has 0 saturated heterocycles. The molecule has 4 nitrogen and oxygen atoms in total. The summed E-state index contributed by atoms with van der Waals surface area (Å²) in [6.07, 6.45) is 0.441. The molecule has 2 aromatic carbocycles. The van der Waals surface area contributed by atoms with E-state index in [1.165, 1.54) is 0 Å². The summed E-state index contributed by atoms with van der Waals surface area (Å²) in [5.74, 6) is -0.528. The van der Waals surface area contributed by atoms with Crippen LogP contribution < -0.4 is 10.6 Å². The third-order valence-electron chi connectivity index (χ3n) is 3.46. The van der Waals surface area contributed by atoms with Crippen molar-refractivity contribution in [3.05, 3.63) is 62.2 Å². The molecule has 6 heteroatoms. The lowest BCUT2D eigenvalue weighted by Crippen LogP contribution is -2.42. The monoisotopic (exact) mass is 426 g/mol. The fourth-order valence-electron chi connectivity index (χ4n) is 2.33. The molecule has 2 amide bonds. The standard InChI is InChI=1S/C16H12ClIN2O2/c17-10-3-6-13-12(8-10)15(21)20-14(16(22)19-13)7-9-1-4-11(18)5-2-9/h1-6,8,14H,7H2,(H,19,22)(H,20,21). The van der Waals surface area contributed by atoms with Crippen LogP contribution in [-0.4, -0.2) is 17.9 Å². The molecule has 0 aliphatic carbocycles. The van der Waals surface area contributed by atoms with Crippen LogP contribution >= 0.6 is 34.2 Å². The van der Waals surface area contributed by atoms with Gasteiger partial charge in [-0.25, -0.2) is 0 Å². The average Bonchev–Trinajstić information content (AvgIpc) is 2.60. The molecule has 2 aromatic rings. The van der Waals surface area contributed by atoms with Gasteiger partial charge in [0, 0.05) is 15.0 Å². The molecule has 112 valence electrons. The molecular formula is C16H12ClIN2O2. The SMILES string of the molecule is O=C1NC(Cc2ccc(I)cc2)C(=O)Nc2ccc(Cl)cc21. The Kier molecular flexibility index (Phi) is 4.35. The van der Waals surface area contributed by atoms with E-state index in [0.29, 0.717) is 22.7 Å². The molecule has 0 bridgehead atoms. The minimum absolute atomic E-state index is 0.229. The first-order chi connectivity index (χ1) is 10.5. The van der Waals surface area contributed by atoms with Crippen molar-refractivity contribution in [1.29, 1.82) is 0 Å². The fourth-order valence-corrected chi connectivity index (χ4v) is 2.87. The molecule has 1 atom stereocenters. The third-order valence-corrected chi connectivity index (χ3v) is 4.41. The summed E-state index contributed by atoms with van der Waals surface area (Å²) in [5, 5.41) is 6.00. The van der Waals surface area contributed by atoms with Crippen LogP contribution in [0.2, 0.25) is 5.02 Å². The molecule has 0 aromatic heterocycles. The molecule has 1 unspecified atom stereocenters. The van der Waals surface area contributed by atoms with Crippen molar-refractivity contribution in [2.24, 2.45) is 0 Å². The molecule has 0 saturated carbocycles. The number of rotatable bonds is 2. The molecular weight excluding hydrogens is 415 g/mol. The van der Waals surface area contributed by atoms with E-state index in [2.05, 4.69) is 33.2 Å². The van der Waals surface area contributed by atoms with Crippen LogP contribution in [0.1, 0.15) is 15.9 Å². The van der Waals surface area contributed by atoms with Gasteiger partial charge in [-0.1, -0.05) is 23.7 Å². The van der Waals surface area contributed by atoms with Gasteiger partial charge in [0.2, 0.25) is 5.91 Å². The predicted octanol–water partition coefficient (Wildman–Crippen LogP) is 3.24. The highest BCUT2D eigenvalue weighted by Gasteiger charge is 2.28. The maximum atomic E-state index is 12.3. The van der Waals surface area contributed by atoms with Crippen LogP contribution in [0.4, 0.5) is 5.69 Å². The highest BCUT2D eigenvalue weighted by Crippen LogP contribution is 2.23.